The molecule has 1 aromatic rings. The lowest BCUT2D eigenvalue weighted by molar-refractivity contribution is -0.123. The number of hydrogen-bond acceptors (Lipinski definition) is 3. The number of benzene rings is 1. The highest BCUT2D eigenvalue weighted by molar-refractivity contribution is 6.02. The maximum Gasteiger partial charge on any atom is 0.257 e. The van der Waals surface area contributed by atoms with Gasteiger partial charge in [0.25, 0.3) is 5.91 Å². The van der Waals surface area contributed by atoms with Crippen LogP contribution in [-0.4, -0.2) is 24.6 Å². The van der Waals surface area contributed by atoms with Crippen molar-refractivity contribution in [2.24, 2.45) is 0 Å². The number of carbonyl (C=O) groups excluding carboxylic acids is 1. The summed E-state index contributed by atoms with van der Waals surface area (Å²) in [5.74, 6) is -0.948. The minimum atomic E-state index is -1.27. The van der Waals surface area contributed by atoms with Gasteiger partial charge in [0.05, 0.1) is 5.69 Å². The fourth-order valence-electron chi connectivity index (χ4n) is 2.14. The Kier molecular flexibility index (Phi) is 3.85. The first-order chi connectivity index (χ1) is 9.04. The summed E-state index contributed by atoms with van der Waals surface area (Å²) in [6, 6.07) is 2.78. The first kappa shape index (κ1) is 13.5. The van der Waals surface area contributed by atoms with E-state index in [1.54, 1.807) is 18.0 Å². The lowest BCUT2D eigenvalue weighted by Gasteiger charge is -2.20. The number of unbranched alkanes of at least 4 members (excludes halogenated alkanes) is 1. The molecule has 0 aromatic heterocycles. The van der Waals surface area contributed by atoms with Crippen LogP contribution in [0.15, 0.2) is 24.8 Å². The molecule has 0 saturated heterocycles. The predicted molar refractivity (Wildman–Crippen MR) is 72.7 cm³/mol. The maximum atomic E-state index is 14.0. The van der Waals surface area contributed by atoms with Gasteiger partial charge in [0, 0.05) is 24.8 Å². The van der Waals surface area contributed by atoms with E-state index in [9.17, 15) is 14.3 Å². The molecular weight excluding hydrogens is 247 g/mol. The van der Waals surface area contributed by atoms with E-state index in [1.807, 2.05) is 6.08 Å². The molecule has 0 aliphatic carbocycles. The minimum absolute atomic E-state index is 0.297. The fraction of sp³-hybridized carbons (Fsp3) is 0.357. The standard InChI is InChI=1S/C14H17FN2O2/c1-3-4-5-6-17(2)12-8-11-9(7-10(12)15)13(18)14(19)16-11/h3,7-8,13,18H,1,4-6H2,2H3,(H,16,19). The molecule has 1 aromatic carbocycles. The van der Waals surface area contributed by atoms with E-state index in [0.29, 0.717) is 23.5 Å². The van der Waals surface area contributed by atoms with E-state index < -0.39 is 17.8 Å². The monoisotopic (exact) mass is 264 g/mol. The number of amides is 1. The van der Waals surface area contributed by atoms with E-state index in [-0.39, 0.29) is 0 Å². The van der Waals surface area contributed by atoms with Gasteiger partial charge in [0.15, 0.2) is 6.10 Å². The summed E-state index contributed by atoms with van der Waals surface area (Å²) in [6.07, 6.45) is 2.30. The van der Waals surface area contributed by atoms with E-state index in [2.05, 4.69) is 11.9 Å². The zero-order valence-corrected chi connectivity index (χ0v) is 10.8. The third kappa shape index (κ3) is 2.61. The van der Waals surface area contributed by atoms with E-state index in [0.717, 1.165) is 12.8 Å². The van der Waals surface area contributed by atoms with Gasteiger partial charge in [-0.3, -0.25) is 4.79 Å². The van der Waals surface area contributed by atoms with Crippen LogP contribution in [0.25, 0.3) is 0 Å². The number of rotatable bonds is 5. The molecule has 0 spiro atoms. The van der Waals surface area contributed by atoms with Crippen molar-refractivity contribution in [3.05, 3.63) is 36.2 Å². The molecule has 0 fully saturated rings. The number of allylic oxidation sites excluding steroid dienone is 1. The van der Waals surface area contributed by atoms with Gasteiger partial charge in [-0.15, -0.1) is 6.58 Å². The highest BCUT2D eigenvalue weighted by Gasteiger charge is 2.30. The highest BCUT2D eigenvalue weighted by Crippen LogP contribution is 2.35. The van der Waals surface area contributed by atoms with Crippen LogP contribution in [0.2, 0.25) is 0 Å². The molecule has 1 aliphatic rings. The number of fused-ring (bicyclic) bond motifs is 1. The number of nitrogens with one attached hydrogen (secondary N) is 1. The maximum absolute atomic E-state index is 14.0. The normalized spacial score (nSPS) is 17.0. The molecule has 0 bridgehead atoms. The summed E-state index contributed by atoms with van der Waals surface area (Å²) in [4.78, 5) is 13.1. The second-order valence-corrected chi connectivity index (χ2v) is 4.64. The summed E-state index contributed by atoms with van der Waals surface area (Å²) in [6.45, 7) is 4.34. The topological polar surface area (TPSA) is 52.6 Å². The van der Waals surface area contributed by atoms with Gasteiger partial charge in [-0.1, -0.05) is 6.08 Å². The van der Waals surface area contributed by atoms with E-state index >= 15 is 0 Å². The van der Waals surface area contributed by atoms with Crippen molar-refractivity contribution in [2.45, 2.75) is 18.9 Å². The van der Waals surface area contributed by atoms with Crippen LogP contribution in [0, 0.1) is 5.82 Å². The molecule has 1 heterocycles. The number of carbonyl (C=O) groups is 1. The Balaban J connectivity index is 2.21. The Hall–Kier alpha value is -1.88. The fourth-order valence-corrected chi connectivity index (χ4v) is 2.14. The number of aliphatic hydroxyl groups excluding tert-OH is 1. The Labute approximate surface area is 111 Å². The lowest BCUT2D eigenvalue weighted by atomic mass is 10.1. The second-order valence-electron chi connectivity index (χ2n) is 4.64. The Morgan fingerprint density at radius 3 is 3.00 bits per heavy atom. The first-order valence-corrected chi connectivity index (χ1v) is 6.19. The number of halogens is 1. The molecular formula is C14H17FN2O2. The van der Waals surface area contributed by atoms with Crippen LogP contribution in [0.1, 0.15) is 24.5 Å². The third-order valence-corrected chi connectivity index (χ3v) is 3.23. The molecule has 102 valence electrons. The van der Waals surface area contributed by atoms with Crippen molar-refractivity contribution in [2.75, 3.05) is 23.8 Å². The summed E-state index contributed by atoms with van der Waals surface area (Å²) >= 11 is 0. The summed E-state index contributed by atoms with van der Waals surface area (Å²) in [5, 5.41) is 12.1. The highest BCUT2D eigenvalue weighted by atomic mass is 19.1. The molecule has 19 heavy (non-hydrogen) atoms. The van der Waals surface area contributed by atoms with Gasteiger partial charge < -0.3 is 15.3 Å². The minimum Gasteiger partial charge on any atom is -0.378 e. The largest absolute Gasteiger partial charge is 0.378 e. The molecule has 1 unspecified atom stereocenters. The lowest BCUT2D eigenvalue weighted by Crippen LogP contribution is -2.19. The van der Waals surface area contributed by atoms with Gasteiger partial charge in [-0.2, -0.15) is 0 Å². The smallest absolute Gasteiger partial charge is 0.257 e. The van der Waals surface area contributed by atoms with Crippen molar-refractivity contribution < 1.29 is 14.3 Å². The van der Waals surface area contributed by atoms with Gasteiger partial charge in [0.2, 0.25) is 0 Å². The van der Waals surface area contributed by atoms with Crippen LogP contribution in [0.4, 0.5) is 15.8 Å². The van der Waals surface area contributed by atoms with Crippen molar-refractivity contribution >= 4 is 17.3 Å². The first-order valence-electron chi connectivity index (χ1n) is 6.19. The van der Waals surface area contributed by atoms with Crippen molar-refractivity contribution in [1.29, 1.82) is 0 Å². The SMILES string of the molecule is C=CCCCN(C)c1cc2c(cc1F)C(O)C(=O)N2. The molecule has 0 saturated carbocycles. The van der Waals surface area contributed by atoms with Crippen molar-refractivity contribution in [3.8, 4) is 0 Å². The van der Waals surface area contributed by atoms with E-state index in [4.69, 9.17) is 0 Å². The quantitative estimate of drug-likeness (QED) is 0.633. The number of nitrogens with zero attached hydrogens (tertiary/aromatic N) is 1. The second kappa shape index (κ2) is 5.40. The van der Waals surface area contributed by atoms with Gasteiger partial charge >= 0.3 is 0 Å². The molecule has 4 nitrogen and oxygen atoms in total. The van der Waals surface area contributed by atoms with Crippen molar-refractivity contribution in [3.63, 3.8) is 0 Å². The summed E-state index contributed by atoms with van der Waals surface area (Å²) in [7, 11) is 1.79. The Morgan fingerprint density at radius 1 is 1.58 bits per heavy atom. The zero-order valence-electron chi connectivity index (χ0n) is 10.8. The molecule has 1 amide bonds. The number of anilines is 2. The Bertz CT molecular complexity index is 516. The molecule has 5 heteroatoms. The molecule has 1 atom stereocenters. The predicted octanol–water partition coefficient (Wildman–Crippen LogP) is 2.21. The van der Waals surface area contributed by atoms with Crippen LogP contribution >= 0.6 is 0 Å². The number of aliphatic hydroxyl groups is 1. The van der Waals surface area contributed by atoms with Crippen LogP contribution in [0.5, 0.6) is 0 Å². The van der Waals surface area contributed by atoms with Crippen molar-refractivity contribution in [1.82, 2.24) is 0 Å². The molecule has 2 rings (SSSR count). The van der Waals surface area contributed by atoms with E-state index in [1.165, 1.54) is 6.07 Å². The molecule has 0 radical (unpaired) electrons. The van der Waals surface area contributed by atoms with Crippen LogP contribution < -0.4 is 10.2 Å². The number of hydrogen-bond donors (Lipinski definition) is 2. The third-order valence-electron chi connectivity index (χ3n) is 3.23. The molecule has 2 N–H and O–H groups in total. The zero-order chi connectivity index (χ0) is 14.0. The van der Waals surface area contributed by atoms with Crippen LogP contribution in [0.3, 0.4) is 0 Å². The average molecular weight is 264 g/mol. The summed E-state index contributed by atoms with van der Waals surface area (Å²) < 4.78 is 14.0. The molecule has 1 aliphatic heterocycles. The summed E-state index contributed by atoms with van der Waals surface area (Å²) in [5.41, 5.74) is 1.19. The van der Waals surface area contributed by atoms with Gasteiger partial charge in [-0.05, 0) is 25.0 Å². The Morgan fingerprint density at radius 2 is 2.32 bits per heavy atom. The van der Waals surface area contributed by atoms with Crippen LogP contribution in [-0.2, 0) is 4.79 Å². The average Bonchev–Trinajstić information content (AvgIpc) is 2.65. The van der Waals surface area contributed by atoms with Gasteiger partial charge in [-0.25, -0.2) is 4.39 Å². The van der Waals surface area contributed by atoms with Gasteiger partial charge in [0.1, 0.15) is 5.82 Å².